The maximum atomic E-state index is 14.2. The van der Waals surface area contributed by atoms with E-state index in [0.717, 1.165) is 5.56 Å². The highest BCUT2D eigenvalue weighted by Gasteiger charge is 2.46. The van der Waals surface area contributed by atoms with Gasteiger partial charge >= 0.3 is 11.7 Å². The maximum absolute atomic E-state index is 14.2. The molecule has 2 aliphatic heterocycles. The van der Waals surface area contributed by atoms with Gasteiger partial charge in [-0.2, -0.15) is 18.2 Å². The average molecular weight is 484 g/mol. The molecule has 35 heavy (non-hydrogen) atoms. The Bertz CT molecular complexity index is 1350. The molecule has 182 valence electrons. The Kier molecular flexibility index (Phi) is 5.34. The van der Waals surface area contributed by atoms with Crippen molar-refractivity contribution < 1.29 is 23.1 Å². The molecule has 3 atom stereocenters. The molecule has 2 bridgehead atoms. The summed E-state index contributed by atoms with van der Waals surface area (Å²) in [6, 6.07) is 12.3. The molecule has 0 spiro atoms. The molecule has 2 aromatic carbocycles. The standard InChI is InChI=1S/C25H23F3N4O3/c1-13(2)31-12-17-18(14-7-4-3-5-8-14)15-9-6-10-16(11-15)21(25(26,27)28)29-24-30-22(34)20(33)19(23(31)35)32(17)24/h3-11,13,17-18,21,33H,12H2,1-2H3,(H,29,30,34)/t17-,18?,21?/m1/s1. The number of hydrogen-bond acceptors (Lipinski definition) is 5. The minimum Gasteiger partial charge on any atom is -0.501 e. The van der Waals surface area contributed by atoms with Crippen molar-refractivity contribution in [1.29, 1.82) is 0 Å². The normalized spacial score (nSPS) is 21.6. The van der Waals surface area contributed by atoms with Crippen LogP contribution in [-0.4, -0.2) is 44.2 Å². The summed E-state index contributed by atoms with van der Waals surface area (Å²) in [7, 11) is 0. The fourth-order valence-corrected chi connectivity index (χ4v) is 5.07. The fraction of sp³-hybridized carbons (Fsp3) is 0.320. The van der Waals surface area contributed by atoms with Gasteiger partial charge in [0.1, 0.15) is 0 Å². The van der Waals surface area contributed by atoms with Crippen LogP contribution in [0.1, 0.15) is 59.0 Å². The number of halogens is 3. The molecule has 1 aromatic heterocycles. The number of anilines is 1. The van der Waals surface area contributed by atoms with E-state index in [1.807, 2.05) is 30.3 Å². The topological polar surface area (TPSA) is 87.5 Å². The van der Waals surface area contributed by atoms with Gasteiger partial charge in [0.05, 0.1) is 6.04 Å². The maximum Gasteiger partial charge on any atom is 0.412 e. The lowest BCUT2D eigenvalue weighted by Gasteiger charge is -2.42. The van der Waals surface area contributed by atoms with Gasteiger partial charge < -0.3 is 15.3 Å². The summed E-state index contributed by atoms with van der Waals surface area (Å²) in [5.74, 6) is -2.43. The summed E-state index contributed by atoms with van der Waals surface area (Å²) in [6.07, 6.45) is -4.72. The van der Waals surface area contributed by atoms with Crippen molar-refractivity contribution in [3.05, 3.63) is 87.3 Å². The van der Waals surface area contributed by atoms with Crippen molar-refractivity contribution in [3.63, 3.8) is 0 Å². The third-order valence-electron chi connectivity index (χ3n) is 6.65. The average Bonchev–Trinajstić information content (AvgIpc) is 2.84. The molecule has 3 heterocycles. The highest BCUT2D eigenvalue weighted by Crippen LogP contribution is 2.45. The molecule has 2 unspecified atom stereocenters. The van der Waals surface area contributed by atoms with Gasteiger partial charge in [-0.1, -0.05) is 54.6 Å². The molecule has 0 saturated heterocycles. The number of amides is 1. The van der Waals surface area contributed by atoms with E-state index in [-0.39, 0.29) is 23.8 Å². The number of hydrogen-bond donors (Lipinski definition) is 2. The number of aromatic hydroxyl groups is 1. The summed E-state index contributed by atoms with van der Waals surface area (Å²) in [5.41, 5.74) is -0.148. The number of benzene rings is 2. The van der Waals surface area contributed by atoms with Crippen molar-refractivity contribution >= 4 is 11.9 Å². The molecule has 5 rings (SSSR count). The predicted octanol–water partition coefficient (Wildman–Crippen LogP) is 4.22. The van der Waals surface area contributed by atoms with Crippen LogP contribution in [0, 0.1) is 0 Å². The molecule has 2 N–H and O–H groups in total. The number of fused-ring (bicyclic) bond motifs is 2. The first-order chi connectivity index (χ1) is 16.6. The predicted molar refractivity (Wildman–Crippen MR) is 123 cm³/mol. The summed E-state index contributed by atoms with van der Waals surface area (Å²) >= 11 is 0. The van der Waals surface area contributed by atoms with Gasteiger partial charge in [-0.05, 0) is 30.5 Å². The third-order valence-corrected chi connectivity index (χ3v) is 6.65. The number of rotatable bonds is 2. The van der Waals surface area contributed by atoms with Crippen molar-refractivity contribution in [2.75, 3.05) is 11.9 Å². The Hall–Kier alpha value is -3.82. The van der Waals surface area contributed by atoms with Gasteiger partial charge in [0.15, 0.2) is 11.7 Å². The lowest BCUT2D eigenvalue weighted by molar-refractivity contribution is -0.144. The van der Waals surface area contributed by atoms with Gasteiger partial charge in [0.2, 0.25) is 11.7 Å². The molecule has 0 fully saturated rings. The SMILES string of the molecule is CC(C)N1C[C@@H]2C(c3ccccc3)c3cccc(c3)C(C(F)(F)F)Nc3nc(=O)c(O)c(n32)C1=O. The molecule has 2 aliphatic rings. The first-order valence-electron chi connectivity index (χ1n) is 11.2. The Morgan fingerprint density at radius 3 is 2.34 bits per heavy atom. The summed E-state index contributed by atoms with van der Waals surface area (Å²) < 4.78 is 43.9. The lowest BCUT2D eigenvalue weighted by Crippen LogP contribution is -2.49. The fourth-order valence-electron chi connectivity index (χ4n) is 5.07. The number of nitrogens with zero attached hydrogens (tertiary/aromatic N) is 3. The second kappa shape index (κ2) is 8.14. The second-order valence-electron chi connectivity index (χ2n) is 9.10. The van der Waals surface area contributed by atoms with Crippen molar-refractivity contribution in [3.8, 4) is 5.75 Å². The number of carbonyl (C=O) groups excluding carboxylic acids is 1. The van der Waals surface area contributed by atoms with Crippen LogP contribution in [0.4, 0.5) is 19.1 Å². The smallest absolute Gasteiger partial charge is 0.412 e. The van der Waals surface area contributed by atoms with Crippen LogP contribution in [0.15, 0.2) is 59.4 Å². The number of carbonyl (C=O) groups is 1. The number of aromatic nitrogens is 2. The Labute approximate surface area is 198 Å². The lowest BCUT2D eigenvalue weighted by atomic mass is 9.82. The Balaban J connectivity index is 1.89. The van der Waals surface area contributed by atoms with Crippen LogP contribution in [-0.2, 0) is 0 Å². The van der Waals surface area contributed by atoms with Crippen molar-refractivity contribution in [2.24, 2.45) is 0 Å². The van der Waals surface area contributed by atoms with Crippen LogP contribution in [0.25, 0.3) is 0 Å². The summed E-state index contributed by atoms with van der Waals surface area (Å²) in [5, 5.41) is 13.0. The van der Waals surface area contributed by atoms with E-state index < -0.39 is 47.3 Å². The van der Waals surface area contributed by atoms with Crippen LogP contribution in [0.2, 0.25) is 0 Å². The van der Waals surface area contributed by atoms with Crippen LogP contribution < -0.4 is 10.9 Å². The zero-order chi connectivity index (χ0) is 25.1. The highest BCUT2D eigenvalue weighted by atomic mass is 19.4. The third kappa shape index (κ3) is 3.73. The van der Waals surface area contributed by atoms with Crippen molar-refractivity contribution in [2.45, 2.75) is 44.1 Å². The second-order valence-corrected chi connectivity index (χ2v) is 9.10. The van der Waals surface area contributed by atoms with Gasteiger partial charge in [0, 0.05) is 18.5 Å². The number of nitrogens with one attached hydrogen (secondary N) is 1. The van der Waals surface area contributed by atoms with E-state index in [1.54, 1.807) is 26.0 Å². The van der Waals surface area contributed by atoms with E-state index >= 15 is 0 Å². The monoisotopic (exact) mass is 484 g/mol. The molecule has 7 nitrogen and oxygen atoms in total. The van der Waals surface area contributed by atoms with E-state index in [1.165, 1.54) is 21.6 Å². The zero-order valence-electron chi connectivity index (χ0n) is 19.0. The van der Waals surface area contributed by atoms with Crippen molar-refractivity contribution in [1.82, 2.24) is 14.5 Å². The van der Waals surface area contributed by atoms with Crippen LogP contribution >= 0.6 is 0 Å². The highest BCUT2D eigenvalue weighted by molar-refractivity contribution is 5.96. The van der Waals surface area contributed by atoms with Crippen LogP contribution in [0.3, 0.4) is 0 Å². The first kappa shape index (κ1) is 22.9. The first-order valence-corrected chi connectivity index (χ1v) is 11.2. The van der Waals surface area contributed by atoms with E-state index in [4.69, 9.17) is 0 Å². The minimum atomic E-state index is -4.72. The Morgan fingerprint density at radius 1 is 1.03 bits per heavy atom. The van der Waals surface area contributed by atoms with E-state index in [2.05, 4.69) is 10.3 Å². The quantitative estimate of drug-likeness (QED) is 0.569. The van der Waals surface area contributed by atoms with E-state index in [9.17, 15) is 27.9 Å². The van der Waals surface area contributed by atoms with Crippen LogP contribution in [0.5, 0.6) is 5.75 Å². The minimum absolute atomic E-state index is 0.0432. The van der Waals surface area contributed by atoms with Gasteiger partial charge in [-0.25, -0.2) is 0 Å². The van der Waals surface area contributed by atoms with Gasteiger partial charge in [0.25, 0.3) is 5.91 Å². The molecular formula is C25H23F3N4O3. The molecule has 0 radical (unpaired) electrons. The molecule has 1 amide bonds. The molecular weight excluding hydrogens is 461 g/mol. The molecule has 0 aliphatic carbocycles. The number of alkyl halides is 3. The molecule has 3 aromatic rings. The van der Waals surface area contributed by atoms with Gasteiger partial charge in [-0.15, -0.1) is 0 Å². The molecule has 10 heteroatoms. The Morgan fingerprint density at radius 2 is 1.69 bits per heavy atom. The summed E-state index contributed by atoms with van der Waals surface area (Å²) in [6.45, 7) is 3.74. The zero-order valence-corrected chi connectivity index (χ0v) is 19.0. The largest absolute Gasteiger partial charge is 0.501 e. The molecule has 0 saturated carbocycles. The van der Waals surface area contributed by atoms with Gasteiger partial charge in [-0.3, -0.25) is 14.2 Å². The van der Waals surface area contributed by atoms with E-state index in [0.29, 0.717) is 5.56 Å². The summed E-state index contributed by atoms with van der Waals surface area (Å²) in [4.78, 5) is 31.2.